The van der Waals surface area contributed by atoms with E-state index >= 15 is 0 Å². The molecule has 0 heterocycles. The zero-order valence-corrected chi connectivity index (χ0v) is 48.8. The average Bonchev–Trinajstić information content (AvgIpc) is 4.10. The molecule has 3 nitrogen and oxygen atoms in total. The maximum atomic E-state index is 2.18. The van der Waals surface area contributed by atoms with Crippen LogP contribution in [-0.2, 0) is 65.2 Å². The predicted molar refractivity (Wildman–Crippen MR) is 278 cm³/mol. The fraction of sp³-hybridized carbons (Fsp3) is 0.200. The Labute approximate surface area is 480 Å². The van der Waals surface area contributed by atoms with E-state index in [1.807, 2.05) is 18.2 Å². The molecule has 0 fully saturated rings. The van der Waals surface area contributed by atoms with E-state index in [0.717, 1.165) is 19.6 Å². The Bertz CT molecular complexity index is 2140. The molecule has 0 unspecified atom stereocenters. The number of hydrogen-bond acceptors (Lipinski definition) is 3. The summed E-state index contributed by atoms with van der Waals surface area (Å²) in [6.45, 7) is 9.62. The minimum atomic E-state index is 0. The van der Waals surface area contributed by atoms with Gasteiger partial charge in [-0.3, -0.25) is 0 Å². The molecule has 9 rings (SSSR count). The summed E-state index contributed by atoms with van der Waals surface area (Å²) >= 11 is 0. The minimum absolute atomic E-state index is 0. The summed E-state index contributed by atoms with van der Waals surface area (Å²) in [5.74, 6) is 4.25. The van der Waals surface area contributed by atoms with Crippen LogP contribution in [0.25, 0.3) is 32.3 Å². The standard InChI is InChI=1S/3C11H16N.3C9H7.3ClH.3Ti/c3*1-10(9-12(2)3)11-7-5-4-6-8-11;3*1-2-5-9-7-3-6-8(9)4-1;;;;;;/h3*4-8H,9H2,1-3H3;3*1-7H;3*1H;;;/q6*-1;;;;3*+2/p-3. The van der Waals surface area contributed by atoms with Gasteiger partial charge in [0.2, 0.25) is 0 Å². The molecular weight excluding hydrogens is 1010 g/mol. The van der Waals surface area contributed by atoms with Crippen molar-refractivity contribution in [3.05, 3.63) is 253 Å². The van der Waals surface area contributed by atoms with Crippen LogP contribution in [0.3, 0.4) is 0 Å². The largest absolute Gasteiger partial charge is 2.00 e. The molecule has 0 saturated carbocycles. The van der Waals surface area contributed by atoms with Crippen molar-refractivity contribution in [2.45, 2.75) is 20.8 Å². The van der Waals surface area contributed by atoms with E-state index in [0.29, 0.717) is 0 Å². The number of benzene rings is 6. The van der Waals surface area contributed by atoms with Crippen LogP contribution in [0.1, 0.15) is 37.5 Å². The van der Waals surface area contributed by atoms with Crippen LogP contribution in [0.4, 0.5) is 0 Å². The van der Waals surface area contributed by atoms with E-state index in [1.165, 1.54) is 66.8 Å². The van der Waals surface area contributed by atoms with E-state index in [1.54, 1.807) is 0 Å². The summed E-state index contributed by atoms with van der Waals surface area (Å²) in [5, 5.41) is 7.99. The topological polar surface area (TPSA) is 9.72 Å². The van der Waals surface area contributed by atoms with Crippen molar-refractivity contribution in [3.8, 4) is 0 Å². The summed E-state index contributed by atoms with van der Waals surface area (Å²) in [4.78, 5) is 6.55. The van der Waals surface area contributed by atoms with E-state index in [9.17, 15) is 0 Å². The summed E-state index contributed by atoms with van der Waals surface area (Å²) < 4.78 is 0. The third kappa shape index (κ3) is 27.7. The number of rotatable bonds is 9. The molecule has 0 saturated heterocycles. The number of halogens is 3. The van der Waals surface area contributed by atoms with Gasteiger partial charge in [0.1, 0.15) is 0 Å². The number of nitrogens with zero attached hydrogens (tertiary/aromatic N) is 3. The van der Waals surface area contributed by atoms with E-state index in [2.05, 4.69) is 278 Å². The molecular formula is C60H69Cl3N3Ti3-3. The first-order chi connectivity index (χ1) is 30.5. The van der Waals surface area contributed by atoms with Crippen LogP contribution in [0.15, 0.2) is 218 Å². The van der Waals surface area contributed by atoms with Crippen LogP contribution >= 0.6 is 0 Å². The van der Waals surface area contributed by atoms with Gasteiger partial charge in [0.05, 0.1) is 0 Å². The van der Waals surface area contributed by atoms with Crippen molar-refractivity contribution >= 4 is 32.3 Å². The molecule has 0 aliphatic heterocycles. The van der Waals surface area contributed by atoms with Gasteiger partial charge in [0.25, 0.3) is 0 Å². The second-order valence-electron chi connectivity index (χ2n) is 16.6. The van der Waals surface area contributed by atoms with Crippen molar-refractivity contribution in [1.82, 2.24) is 14.7 Å². The average molecular weight is 1080 g/mol. The first-order valence-electron chi connectivity index (χ1n) is 21.9. The van der Waals surface area contributed by atoms with E-state index < -0.39 is 0 Å². The van der Waals surface area contributed by atoms with Gasteiger partial charge in [-0.05, 0) is 61.9 Å². The SMILES string of the molecule is C[C-](CN(C)C)c1ccccc1.C[C-](CN(C)C)c1ccccc1.C[C-](CN(C)C)c1ccccc1.[Cl-].[Cl-].[Cl-].[Ti+2].[Ti+2].[Ti+2].c1ccc2[cH-]ccc2c1.c1ccc2[cH-]ccc2c1.c1ccc2[cH-]ccc2c1. The van der Waals surface area contributed by atoms with E-state index in [-0.39, 0.29) is 102 Å². The number of likely N-dealkylation sites (N-methyl/N-ethyl adjacent to an activating group) is 3. The first-order valence-corrected chi connectivity index (χ1v) is 21.9. The molecule has 360 valence electrons. The number of hydrogen-bond donors (Lipinski definition) is 0. The Morgan fingerprint density at radius 1 is 0.304 bits per heavy atom. The maximum absolute atomic E-state index is 2.18. The van der Waals surface area contributed by atoms with Crippen LogP contribution in [0.5, 0.6) is 0 Å². The molecule has 0 bridgehead atoms. The van der Waals surface area contributed by atoms with Crippen molar-refractivity contribution in [2.24, 2.45) is 0 Å². The minimum Gasteiger partial charge on any atom is -1.00 e. The van der Waals surface area contributed by atoms with Gasteiger partial charge in [-0.1, -0.05) is 57.2 Å². The van der Waals surface area contributed by atoms with Crippen LogP contribution in [0, 0.1) is 17.8 Å². The van der Waals surface area contributed by atoms with Crippen LogP contribution in [0.2, 0.25) is 0 Å². The van der Waals surface area contributed by atoms with Gasteiger partial charge in [0, 0.05) is 0 Å². The Kier molecular flexibility index (Phi) is 40.8. The fourth-order valence-electron chi connectivity index (χ4n) is 7.07. The molecule has 0 radical (unpaired) electrons. The second-order valence-corrected chi connectivity index (χ2v) is 16.6. The van der Waals surface area contributed by atoms with Gasteiger partial charge in [-0.15, -0.1) is 125 Å². The fourth-order valence-corrected chi connectivity index (χ4v) is 7.07. The smallest absolute Gasteiger partial charge is 1.00 e. The Morgan fingerprint density at radius 3 is 0.710 bits per heavy atom. The first kappa shape index (κ1) is 69.9. The summed E-state index contributed by atoms with van der Waals surface area (Å²) in [6, 6.07) is 75.5. The number of fused-ring (bicyclic) bond motifs is 3. The molecule has 0 aliphatic rings. The Balaban J connectivity index is -0.000000747. The summed E-state index contributed by atoms with van der Waals surface area (Å²) in [5.41, 5.74) is 4.02. The molecule has 0 amide bonds. The summed E-state index contributed by atoms with van der Waals surface area (Å²) in [6.07, 6.45) is 0. The van der Waals surface area contributed by atoms with Crippen molar-refractivity contribution in [3.63, 3.8) is 0 Å². The van der Waals surface area contributed by atoms with Crippen molar-refractivity contribution in [2.75, 3.05) is 61.9 Å². The third-order valence-corrected chi connectivity index (χ3v) is 10.1. The maximum Gasteiger partial charge on any atom is 2.00 e. The van der Waals surface area contributed by atoms with Gasteiger partial charge in [0.15, 0.2) is 0 Å². The van der Waals surface area contributed by atoms with Gasteiger partial charge < -0.3 is 51.9 Å². The van der Waals surface area contributed by atoms with Crippen LogP contribution < -0.4 is 37.2 Å². The molecule has 9 aromatic carbocycles. The monoisotopic (exact) mass is 1080 g/mol. The summed E-state index contributed by atoms with van der Waals surface area (Å²) in [7, 11) is 12.5. The predicted octanol–water partition coefficient (Wildman–Crippen LogP) is 5.25. The zero-order valence-electron chi connectivity index (χ0n) is 41.9. The van der Waals surface area contributed by atoms with Gasteiger partial charge >= 0.3 is 65.2 Å². The Hall–Kier alpha value is -3.35. The van der Waals surface area contributed by atoms with E-state index in [4.69, 9.17) is 0 Å². The third-order valence-electron chi connectivity index (χ3n) is 10.1. The van der Waals surface area contributed by atoms with Crippen molar-refractivity contribution < 1.29 is 102 Å². The molecule has 0 atom stereocenters. The molecule has 69 heavy (non-hydrogen) atoms. The van der Waals surface area contributed by atoms with Crippen molar-refractivity contribution in [1.29, 1.82) is 0 Å². The molecule has 0 aromatic heterocycles. The quantitative estimate of drug-likeness (QED) is 0.145. The van der Waals surface area contributed by atoms with Gasteiger partial charge in [-0.2, -0.15) is 123 Å². The zero-order chi connectivity index (χ0) is 45.2. The Morgan fingerprint density at radius 2 is 0.507 bits per heavy atom. The normalized spacial score (nSPS) is 9.39. The second kappa shape index (κ2) is 40.3. The van der Waals surface area contributed by atoms with Crippen LogP contribution in [-0.4, -0.2) is 76.6 Å². The molecule has 0 N–H and O–H groups in total. The molecule has 9 heteroatoms. The molecule has 0 spiro atoms. The van der Waals surface area contributed by atoms with Gasteiger partial charge in [-0.25, -0.2) is 0 Å². The molecule has 9 aromatic rings. The molecule has 0 aliphatic carbocycles.